The number of nitrogens with zero attached hydrogens (tertiary/aromatic N) is 2. The van der Waals surface area contributed by atoms with Crippen LogP contribution < -0.4 is 29.6 Å². The second-order valence-electron chi connectivity index (χ2n) is 6.22. The molecule has 158 valence electrons. The van der Waals surface area contributed by atoms with Crippen molar-refractivity contribution in [2.75, 3.05) is 39.1 Å². The van der Waals surface area contributed by atoms with Crippen molar-refractivity contribution in [1.29, 1.82) is 0 Å². The van der Waals surface area contributed by atoms with Crippen molar-refractivity contribution >= 4 is 28.7 Å². The highest BCUT2D eigenvalue weighted by Crippen LogP contribution is 2.31. The maximum Gasteiger partial charge on any atom is 0.175 e. The summed E-state index contributed by atoms with van der Waals surface area (Å²) in [5.41, 5.74) is 2.40. The number of anilines is 2. The Morgan fingerprint density at radius 2 is 1.77 bits per heavy atom. The van der Waals surface area contributed by atoms with Crippen LogP contribution in [-0.4, -0.2) is 43.3 Å². The number of hydrogen-bond acceptors (Lipinski definition) is 6. The number of aromatic nitrogens is 2. The van der Waals surface area contributed by atoms with Crippen LogP contribution in [0.15, 0.2) is 48.8 Å². The van der Waals surface area contributed by atoms with Crippen LogP contribution in [0, 0.1) is 0 Å². The molecule has 3 rings (SSSR count). The lowest BCUT2D eigenvalue weighted by molar-refractivity contribution is 0.350. The first-order chi connectivity index (χ1) is 14.6. The Morgan fingerprint density at radius 3 is 2.47 bits per heavy atom. The van der Waals surface area contributed by atoms with E-state index in [9.17, 15) is 0 Å². The van der Waals surface area contributed by atoms with Crippen LogP contribution in [0.5, 0.6) is 23.0 Å². The molecule has 8 nitrogen and oxygen atoms in total. The Kier molecular flexibility index (Phi) is 6.97. The summed E-state index contributed by atoms with van der Waals surface area (Å²) in [5, 5.41) is 11.0. The van der Waals surface area contributed by atoms with Crippen LogP contribution >= 0.6 is 12.2 Å². The van der Waals surface area contributed by atoms with Crippen molar-refractivity contribution in [1.82, 2.24) is 9.78 Å². The Hall–Kier alpha value is -3.46. The van der Waals surface area contributed by atoms with Gasteiger partial charge in [-0.1, -0.05) is 12.1 Å². The van der Waals surface area contributed by atoms with E-state index in [2.05, 4.69) is 15.7 Å². The molecule has 0 saturated carbocycles. The van der Waals surface area contributed by atoms with Crippen molar-refractivity contribution in [3.05, 3.63) is 54.4 Å². The topological polar surface area (TPSA) is 78.8 Å². The minimum Gasteiger partial charge on any atom is -0.497 e. The van der Waals surface area contributed by atoms with E-state index in [0.29, 0.717) is 40.3 Å². The molecule has 30 heavy (non-hydrogen) atoms. The molecule has 1 aromatic heterocycles. The third kappa shape index (κ3) is 4.93. The smallest absolute Gasteiger partial charge is 0.175 e. The molecule has 0 saturated heterocycles. The average Bonchev–Trinajstić information content (AvgIpc) is 3.19. The summed E-state index contributed by atoms with van der Waals surface area (Å²) in [5.74, 6) is 2.72. The quantitative estimate of drug-likeness (QED) is 0.525. The minimum atomic E-state index is 0.403. The van der Waals surface area contributed by atoms with E-state index in [1.807, 2.05) is 42.6 Å². The van der Waals surface area contributed by atoms with Gasteiger partial charge in [0, 0.05) is 17.8 Å². The van der Waals surface area contributed by atoms with Crippen molar-refractivity contribution in [2.24, 2.45) is 0 Å². The van der Waals surface area contributed by atoms with E-state index >= 15 is 0 Å². The minimum absolute atomic E-state index is 0.403. The zero-order valence-corrected chi connectivity index (χ0v) is 18.1. The highest BCUT2D eigenvalue weighted by atomic mass is 32.1. The van der Waals surface area contributed by atoms with Gasteiger partial charge in [0.05, 0.1) is 52.6 Å². The number of hydrogen-bond donors (Lipinski definition) is 2. The fraction of sp³-hybridized carbons (Fsp3) is 0.238. The van der Waals surface area contributed by atoms with E-state index in [1.54, 1.807) is 39.3 Å². The first kappa shape index (κ1) is 21.3. The zero-order chi connectivity index (χ0) is 21.5. The van der Waals surface area contributed by atoms with Crippen LogP contribution in [0.1, 0.15) is 5.56 Å². The molecular weight excluding hydrogens is 404 g/mol. The first-order valence-corrected chi connectivity index (χ1v) is 9.51. The lowest BCUT2D eigenvalue weighted by Gasteiger charge is -2.14. The van der Waals surface area contributed by atoms with Gasteiger partial charge in [-0.3, -0.25) is 4.68 Å². The van der Waals surface area contributed by atoms with Crippen LogP contribution in [0.4, 0.5) is 11.4 Å². The van der Waals surface area contributed by atoms with E-state index in [1.165, 1.54) is 0 Å². The van der Waals surface area contributed by atoms with Gasteiger partial charge in [0.1, 0.15) is 11.5 Å². The number of nitrogens with one attached hydrogen (secondary N) is 2. The van der Waals surface area contributed by atoms with Gasteiger partial charge in [-0.2, -0.15) is 5.10 Å². The van der Waals surface area contributed by atoms with Crippen molar-refractivity contribution in [2.45, 2.75) is 6.54 Å². The Bertz CT molecular complexity index is 1020. The zero-order valence-electron chi connectivity index (χ0n) is 17.3. The molecule has 0 radical (unpaired) electrons. The lowest BCUT2D eigenvalue weighted by Crippen LogP contribution is -2.19. The molecule has 9 heteroatoms. The van der Waals surface area contributed by atoms with Gasteiger partial charge in [0.25, 0.3) is 0 Å². The molecule has 0 bridgehead atoms. The Morgan fingerprint density at radius 1 is 0.967 bits per heavy atom. The number of methoxy groups -OCH3 is 4. The number of rotatable bonds is 8. The van der Waals surface area contributed by atoms with E-state index in [-0.39, 0.29) is 0 Å². The van der Waals surface area contributed by atoms with Crippen LogP contribution in [0.25, 0.3) is 0 Å². The predicted molar refractivity (Wildman–Crippen MR) is 120 cm³/mol. The van der Waals surface area contributed by atoms with Gasteiger partial charge in [-0.05, 0) is 30.4 Å². The normalized spacial score (nSPS) is 10.3. The third-order valence-corrected chi connectivity index (χ3v) is 4.57. The van der Waals surface area contributed by atoms with Gasteiger partial charge < -0.3 is 29.6 Å². The van der Waals surface area contributed by atoms with E-state index in [0.717, 1.165) is 11.3 Å². The maximum absolute atomic E-state index is 5.48. The highest BCUT2D eigenvalue weighted by Gasteiger charge is 2.11. The predicted octanol–water partition coefficient (Wildman–Crippen LogP) is 3.77. The summed E-state index contributed by atoms with van der Waals surface area (Å²) in [6.07, 6.45) is 3.55. The molecular formula is C21H24N4O4S. The van der Waals surface area contributed by atoms with Crippen LogP contribution in [-0.2, 0) is 6.54 Å². The molecule has 0 atom stereocenters. The Labute approximate surface area is 180 Å². The molecule has 2 N–H and O–H groups in total. The van der Waals surface area contributed by atoms with Crippen molar-refractivity contribution in [3.63, 3.8) is 0 Å². The summed E-state index contributed by atoms with van der Waals surface area (Å²) in [6.45, 7) is 0.520. The number of thiocarbonyl (C=S) groups is 1. The maximum atomic E-state index is 5.48. The number of benzene rings is 2. The number of ether oxygens (including phenoxy) is 4. The molecule has 0 amide bonds. The molecule has 2 aromatic carbocycles. The van der Waals surface area contributed by atoms with Gasteiger partial charge in [0.15, 0.2) is 16.6 Å². The van der Waals surface area contributed by atoms with E-state index in [4.69, 9.17) is 31.2 Å². The fourth-order valence-corrected chi connectivity index (χ4v) is 3.19. The molecule has 0 aliphatic heterocycles. The third-order valence-electron chi connectivity index (χ3n) is 4.36. The standard InChI is InChI=1S/C21H24N4O4S/c1-26-16-8-9-18(27-2)17(10-16)24-21(30)23-15-11-22-25(13-15)12-14-6-5-7-19(28-3)20(14)29-4/h5-11,13H,12H2,1-4H3,(H2,23,24,30). The second-order valence-corrected chi connectivity index (χ2v) is 6.63. The van der Waals surface area contributed by atoms with Gasteiger partial charge in [-0.15, -0.1) is 0 Å². The molecule has 0 fully saturated rings. The average molecular weight is 429 g/mol. The molecule has 0 spiro atoms. The highest BCUT2D eigenvalue weighted by molar-refractivity contribution is 7.80. The van der Waals surface area contributed by atoms with Gasteiger partial charge >= 0.3 is 0 Å². The van der Waals surface area contributed by atoms with Crippen molar-refractivity contribution < 1.29 is 18.9 Å². The monoisotopic (exact) mass is 428 g/mol. The lowest BCUT2D eigenvalue weighted by atomic mass is 10.2. The summed E-state index contributed by atoms with van der Waals surface area (Å²) in [4.78, 5) is 0. The summed E-state index contributed by atoms with van der Waals surface area (Å²) >= 11 is 5.42. The molecule has 0 aliphatic rings. The van der Waals surface area contributed by atoms with Crippen LogP contribution in [0.2, 0.25) is 0 Å². The number of para-hydroxylation sites is 1. The Balaban J connectivity index is 1.68. The summed E-state index contributed by atoms with van der Waals surface area (Å²) < 4.78 is 23.2. The SMILES string of the molecule is COc1ccc(OC)c(NC(=S)Nc2cnn(Cc3cccc(OC)c3OC)c2)c1. The molecule has 0 unspecified atom stereocenters. The summed E-state index contributed by atoms with van der Waals surface area (Å²) in [7, 11) is 6.44. The first-order valence-electron chi connectivity index (χ1n) is 9.10. The van der Waals surface area contributed by atoms with Crippen LogP contribution in [0.3, 0.4) is 0 Å². The largest absolute Gasteiger partial charge is 0.497 e. The van der Waals surface area contributed by atoms with E-state index < -0.39 is 0 Å². The molecule has 3 aromatic rings. The van der Waals surface area contributed by atoms with Gasteiger partial charge in [-0.25, -0.2) is 0 Å². The molecule has 0 aliphatic carbocycles. The van der Waals surface area contributed by atoms with Crippen molar-refractivity contribution in [3.8, 4) is 23.0 Å². The fourth-order valence-electron chi connectivity index (χ4n) is 2.96. The summed E-state index contributed by atoms with van der Waals surface area (Å²) in [6, 6.07) is 11.2. The second kappa shape index (κ2) is 9.84. The molecule has 1 heterocycles. The van der Waals surface area contributed by atoms with Gasteiger partial charge in [0.2, 0.25) is 0 Å².